The summed E-state index contributed by atoms with van der Waals surface area (Å²) < 4.78 is 10.1. The average molecular weight is 408 g/mol. The second-order valence-electron chi connectivity index (χ2n) is 7.15. The van der Waals surface area contributed by atoms with Crippen molar-refractivity contribution in [2.24, 2.45) is 0 Å². The molecule has 1 aromatic carbocycles. The van der Waals surface area contributed by atoms with Gasteiger partial charge in [0.25, 0.3) is 0 Å². The van der Waals surface area contributed by atoms with Crippen LogP contribution in [0.3, 0.4) is 0 Å². The number of hydrogen-bond donors (Lipinski definition) is 2. The number of rotatable bonds is 16. The lowest BCUT2D eigenvalue weighted by Gasteiger charge is -2.18. The Hall–Kier alpha value is -1.92. The molecule has 164 valence electrons. The van der Waals surface area contributed by atoms with Crippen molar-refractivity contribution in [3.05, 3.63) is 35.9 Å². The van der Waals surface area contributed by atoms with Gasteiger partial charge in [-0.1, -0.05) is 49.6 Å². The minimum atomic E-state index is -0.448. The first-order valence-electron chi connectivity index (χ1n) is 10.8. The zero-order valence-corrected chi connectivity index (χ0v) is 17.9. The fourth-order valence-electron chi connectivity index (χ4n) is 3.16. The number of esters is 2. The van der Waals surface area contributed by atoms with Gasteiger partial charge in [0.15, 0.2) is 0 Å². The van der Waals surface area contributed by atoms with Gasteiger partial charge in [-0.25, -0.2) is 0 Å². The largest absolute Gasteiger partial charge is 0.466 e. The van der Waals surface area contributed by atoms with Crippen LogP contribution in [-0.2, 0) is 25.5 Å². The van der Waals surface area contributed by atoms with Gasteiger partial charge < -0.3 is 19.9 Å². The van der Waals surface area contributed by atoms with Gasteiger partial charge in [-0.05, 0) is 51.6 Å². The molecule has 0 amide bonds. The van der Waals surface area contributed by atoms with Crippen molar-refractivity contribution in [2.45, 2.75) is 77.4 Å². The predicted octanol–water partition coefficient (Wildman–Crippen LogP) is 3.41. The van der Waals surface area contributed by atoms with Crippen molar-refractivity contribution >= 4 is 11.9 Å². The van der Waals surface area contributed by atoms with Crippen molar-refractivity contribution in [2.75, 3.05) is 19.8 Å². The summed E-state index contributed by atoms with van der Waals surface area (Å²) in [5, 5.41) is 13.5. The van der Waals surface area contributed by atoms with Crippen LogP contribution in [0.5, 0.6) is 0 Å². The van der Waals surface area contributed by atoms with Crippen LogP contribution in [0.2, 0.25) is 0 Å². The minimum Gasteiger partial charge on any atom is -0.466 e. The molecule has 29 heavy (non-hydrogen) atoms. The Labute approximate surface area is 175 Å². The van der Waals surface area contributed by atoms with Gasteiger partial charge in [0, 0.05) is 6.42 Å². The molecule has 0 heterocycles. The average Bonchev–Trinajstić information content (AvgIpc) is 2.70. The number of aliphatic hydroxyl groups is 1. The molecule has 0 radical (unpaired) electrons. The minimum absolute atomic E-state index is 0.146. The second kappa shape index (κ2) is 15.9. The molecule has 6 heteroatoms. The lowest BCUT2D eigenvalue weighted by molar-refractivity contribution is -0.146. The van der Waals surface area contributed by atoms with Gasteiger partial charge in [0.05, 0.1) is 19.3 Å². The molecule has 1 aromatic rings. The maximum atomic E-state index is 12.2. The van der Waals surface area contributed by atoms with Crippen LogP contribution in [0.15, 0.2) is 30.3 Å². The molecule has 0 aliphatic rings. The van der Waals surface area contributed by atoms with Gasteiger partial charge in [-0.2, -0.15) is 0 Å². The van der Waals surface area contributed by atoms with Crippen molar-refractivity contribution in [1.29, 1.82) is 0 Å². The van der Waals surface area contributed by atoms with Crippen LogP contribution in [0.25, 0.3) is 0 Å². The standard InChI is InChI=1S/C23H37NO5/c1-3-28-22(26)15-11-6-5-10-14-21(23(27)29-4-2)24-17-16-20(25)18-19-12-8-7-9-13-19/h7-9,12-13,20-21,24-25H,3-6,10-11,14-18H2,1-2H3. The number of carbonyl (C=O) groups excluding carboxylic acids is 2. The summed E-state index contributed by atoms with van der Waals surface area (Å²) in [6.07, 6.45) is 5.44. The second-order valence-corrected chi connectivity index (χ2v) is 7.15. The smallest absolute Gasteiger partial charge is 0.323 e. The van der Waals surface area contributed by atoms with Crippen molar-refractivity contribution < 1.29 is 24.2 Å². The molecule has 2 atom stereocenters. The molecule has 0 spiro atoms. The van der Waals surface area contributed by atoms with Gasteiger partial charge in [-0.3, -0.25) is 9.59 Å². The lowest BCUT2D eigenvalue weighted by Crippen LogP contribution is -2.39. The summed E-state index contributed by atoms with van der Waals surface area (Å²) in [5.41, 5.74) is 1.10. The number of unbranched alkanes of at least 4 members (excludes halogenated alkanes) is 3. The van der Waals surface area contributed by atoms with Crippen LogP contribution in [0.1, 0.15) is 64.4 Å². The quantitative estimate of drug-likeness (QED) is 0.323. The summed E-state index contributed by atoms with van der Waals surface area (Å²) in [6, 6.07) is 9.52. The van der Waals surface area contributed by atoms with E-state index in [-0.39, 0.29) is 18.0 Å². The Morgan fingerprint density at radius 2 is 1.66 bits per heavy atom. The zero-order chi connectivity index (χ0) is 21.3. The SMILES string of the molecule is CCOC(=O)CCCCCCC(NCCC(O)Cc1ccccc1)C(=O)OCC. The van der Waals surface area contributed by atoms with Crippen molar-refractivity contribution in [3.63, 3.8) is 0 Å². The van der Waals surface area contributed by atoms with Crippen molar-refractivity contribution in [3.8, 4) is 0 Å². The highest BCUT2D eigenvalue weighted by atomic mass is 16.5. The highest BCUT2D eigenvalue weighted by molar-refractivity contribution is 5.75. The molecule has 0 saturated carbocycles. The molecular formula is C23H37NO5. The summed E-state index contributed by atoms with van der Waals surface area (Å²) >= 11 is 0. The summed E-state index contributed by atoms with van der Waals surface area (Å²) in [7, 11) is 0. The number of carbonyl (C=O) groups is 2. The van der Waals surface area contributed by atoms with Gasteiger partial charge in [-0.15, -0.1) is 0 Å². The van der Waals surface area contributed by atoms with Crippen LogP contribution >= 0.6 is 0 Å². The molecular weight excluding hydrogens is 370 g/mol. The van der Waals surface area contributed by atoms with Crippen LogP contribution in [0, 0.1) is 0 Å². The van der Waals surface area contributed by atoms with E-state index < -0.39 is 6.10 Å². The molecule has 2 unspecified atom stereocenters. The van der Waals surface area contributed by atoms with E-state index in [0.29, 0.717) is 45.4 Å². The fraction of sp³-hybridized carbons (Fsp3) is 0.652. The number of benzene rings is 1. The first-order chi connectivity index (χ1) is 14.1. The maximum Gasteiger partial charge on any atom is 0.323 e. The number of hydrogen-bond acceptors (Lipinski definition) is 6. The van der Waals surface area contributed by atoms with Gasteiger partial charge in [0.2, 0.25) is 0 Å². The Balaban J connectivity index is 2.27. The maximum absolute atomic E-state index is 12.2. The number of nitrogens with one attached hydrogen (secondary N) is 1. The van der Waals surface area contributed by atoms with E-state index in [0.717, 1.165) is 31.2 Å². The number of aliphatic hydroxyl groups excluding tert-OH is 1. The Bertz CT molecular complexity index is 564. The predicted molar refractivity (Wildman–Crippen MR) is 114 cm³/mol. The van der Waals surface area contributed by atoms with E-state index in [2.05, 4.69) is 5.32 Å². The Morgan fingerprint density at radius 3 is 2.34 bits per heavy atom. The van der Waals surface area contributed by atoms with Crippen LogP contribution < -0.4 is 5.32 Å². The third-order valence-corrected chi connectivity index (χ3v) is 4.68. The Kier molecular flexibility index (Phi) is 13.8. The first kappa shape index (κ1) is 25.1. The molecule has 0 aromatic heterocycles. The van der Waals surface area contributed by atoms with E-state index in [1.54, 1.807) is 13.8 Å². The first-order valence-corrected chi connectivity index (χ1v) is 10.8. The molecule has 0 aliphatic heterocycles. The molecule has 0 saturated heterocycles. The zero-order valence-electron chi connectivity index (χ0n) is 17.9. The monoisotopic (exact) mass is 407 g/mol. The summed E-state index contributed by atoms with van der Waals surface area (Å²) in [5.74, 6) is -0.385. The van der Waals surface area contributed by atoms with E-state index in [9.17, 15) is 14.7 Å². The van der Waals surface area contributed by atoms with Crippen LogP contribution in [0.4, 0.5) is 0 Å². The molecule has 0 aliphatic carbocycles. The topological polar surface area (TPSA) is 84.9 Å². The number of ether oxygens (including phenoxy) is 2. The third kappa shape index (κ3) is 12.3. The van der Waals surface area contributed by atoms with E-state index in [4.69, 9.17) is 9.47 Å². The van der Waals surface area contributed by atoms with E-state index in [1.165, 1.54) is 0 Å². The molecule has 2 N–H and O–H groups in total. The van der Waals surface area contributed by atoms with Gasteiger partial charge >= 0.3 is 11.9 Å². The molecule has 0 bridgehead atoms. The van der Waals surface area contributed by atoms with Crippen molar-refractivity contribution in [1.82, 2.24) is 5.32 Å². The molecule has 0 fully saturated rings. The highest BCUT2D eigenvalue weighted by Crippen LogP contribution is 2.10. The van der Waals surface area contributed by atoms with Crippen LogP contribution in [-0.4, -0.2) is 48.9 Å². The summed E-state index contributed by atoms with van der Waals surface area (Å²) in [6.45, 7) is 4.94. The Morgan fingerprint density at radius 1 is 0.966 bits per heavy atom. The van der Waals surface area contributed by atoms with E-state index >= 15 is 0 Å². The normalized spacial score (nSPS) is 12.9. The molecule has 1 rings (SSSR count). The fourth-order valence-corrected chi connectivity index (χ4v) is 3.16. The summed E-state index contributed by atoms with van der Waals surface area (Å²) in [4.78, 5) is 23.5. The lowest BCUT2D eigenvalue weighted by atomic mass is 10.0. The highest BCUT2D eigenvalue weighted by Gasteiger charge is 2.19. The van der Waals surface area contributed by atoms with E-state index in [1.807, 2.05) is 30.3 Å². The van der Waals surface area contributed by atoms with Gasteiger partial charge in [0.1, 0.15) is 6.04 Å². The third-order valence-electron chi connectivity index (χ3n) is 4.68. The molecule has 6 nitrogen and oxygen atoms in total.